The summed E-state index contributed by atoms with van der Waals surface area (Å²) in [6.45, 7) is 4.21. The molecule has 108 valence electrons. The fraction of sp³-hybridized carbons (Fsp3) is 0.533. The van der Waals surface area contributed by atoms with E-state index >= 15 is 0 Å². The molecule has 19 heavy (non-hydrogen) atoms. The smallest absolute Gasteiger partial charge is 0.241 e. The van der Waals surface area contributed by atoms with Gasteiger partial charge in [-0.15, -0.1) is 12.4 Å². The second-order valence-electron chi connectivity index (χ2n) is 4.68. The number of anilines is 1. The highest BCUT2D eigenvalue weighted by Crippen LogP contribution is 2.12. The molecule has 1 rings (SSSR count). The summed E-state index contributed by atoms with van der Waals surface area (Å²) in [6, 6.07) is 7.62. The van der Waals surface area contributed by atoms with Crippen molar-refractivity contribution in [2.45, 2.75) is 52.0 Å². The number of unbranched alkanes of at least 4 members (excludes halogenated alkanes) is 1. The van der Waals surface area contributed by atoms with E-state index in [1.165, 1.54) is 18.4 Å². The number of nitrogens with two attached hydrogens (primary N) is 1. The van der Waals surface area contributed by atoms with E-state index in [9.17, 15) is 4.79 Å². The normalized spacial score (nSPS) is 11.5. The van der Waals surface area contributed by atoms with Gasteiger partial charge in [-0.1, -0.05) is 38.8 Å². The number of hydrogen-bond donors (Lipinski definition) is 2. The van der Waals surface area contributed by atoms with Crippen molar-refractivity contribution in [1.29, 1.82) is 0 Å². The van der Waals surface area contributed by atoms with Crippen LogP contribution in [0.4, 0.5) is 5.69 Å². The maximum atomic E-state index is 11.7. The van der Waals surface area contributed by atoms with Crippen LogP contribution in [0.25, 0.3) is 0 Å². The number of hydrogen-bond acceptors (Lipinski definition) is 2. The van der Waals surface area contributed by atoms with Gasteiger partial charge >= 0.3 is 0 Å². The lowest BCUT2D eigenvalue weighted by atomic mass is 10.1. The molecule has 0 bridgehead atoms. The predicted octanol–water partition coefficient (Wildman–Crippen LogP) is 3.52. The van der Waals surface area contributed by atoms with Crippen LogP contribution in [0.1, 0.15) is 45.1 Å². The highest BCUT2D eigenvalue weighted by molar-refractivity contribution is 5.94. The number of carbonyl (C=O) groups is 1. The molecule has 1 amide bonds. The fourth-order valence-electron chi connectivity index (χ4n) is 1.81. The molecular weight excluding hydrogens is 260 g/mol. The molecule has 0 fully saturated rings. The summed E-state index contributed by atoms with van der Waals surface area (Å²) in [5.74, 6) is -0.0989. The molecule has 1 atom stereocenters. The predicted molar refractivity (Wildman–Crippen MR) is 83.8 cm³/mol. The molecule has 0 radical (unpaired) electrons. The van der Waals surface area contributed by atoms with Crippen LogP contribution in [0.2, 0.25) is 0 Å². The van der Waals surface area contributed by atoms with E-state index in [1.807, 2.05) is 19.1 Å². The standard InChI is InChI=1S/C15H24N2O.ClH/c1-3-5-7-12-8-10-13(11-9-12)17-15(18)14(16)6-4-2;/h8-11,14H,3-7,16H2,1-2H3,(H,17,18);1H. The van der Waals surface area contributed by atoms with Crippen LogP contribution in [0.15, 0.2) is 24.3 Å². The second-order valence-corrected chi connectivity index (χ2v) is 4.68. The Morgan fingerprint density at radius 3 is 2.37 bits per heavy atom. The number of benzene rings is 1. The highest BCUT2D eigenvalue weighted by Gasteiger charge is 2.11. The lowest BCUT2D eigenvalue weighted by Crippen LogP contribution is -2.35. The summed E-state index contributed by atoms with van der Waals surface area (Å²) in [4.78, 5) is 11.7. The monoisotopic (exact) mass is 284 g/mol. The van der Waals surface area contributed by atoms with Crippen LogP contribution >= 0.6 is 12.4 Å². The van der Waals surface area contributed by atoms with Gasteiger partial charge in [0.2, 0.25) is 5.91 Å². The summed E-state index contributed by atoms with van der Waals surface area (Å²) < 4.78 is 0. The Morgan fingerprint density at radius 2 is 1.84 bits per heavy atom. The molecule has 4 heteroatoms. The van der Waals surface area contributed by atoms with Crippen molar-refractivity contribution in [2.24, 2.45) is 5.73 Å². The lowest BCUT2D eigenvalue weighted by molar-refractivity contribution is -0.117. The Hall–Kier alpha value is -1.06. The number of carbonyl (C=O) groups excluding carboxylic acids is 1. The highest BCUT2D eigenvalue weighted by atomic mass is 35.5. The first-order valence-electron chi connectivity index (χ1n) is 6.82. The number of nitrogens with one attached hydrogen (secondary N) is 1. The fourth-order valence-corrected chi connectivity index (χ4v) is 1.81. The Labute approximate surface area is 122 Å². The molecule has 0 aliphatic heterocycles. The topological polar surface area (TPSA) is 55.1 Å². The maximum absolute atomic E-state index is 11.7. The van der Waals surface area contributed by atoms with Gasteiger partial charge in [0.1, 0.15) is 0 Å². The maximum Gasteiger partial charge on any atom is 0.241 e. The summed E-state index contributed by atoms with van der Waals surface area (Å²) in [6.07, 6.45) is 5.14. The van der Waals surface area contributed by atoms with E-state index in [-0.39, 0.29) is 18.3 Å². The van der Waals surface area contributed by atoms with Crippen LogP contribution in [-0.4, -0.2) is 11.9 Å². The summed E-state index contributed by atoms with van der Waals surface area (Å²) >= 11 is 0. The van der Waals surface area contributed by atoms with Crippen LogP contribution in [0.5, 0.6) is 0 Å². The van der Waals surface area contributed by atoms with E-state index < -0.39 is 6.04 Å². The van der Waals surface area contributed by atoms with E-state index in [1.54, 1.807) is 0 Å². The Balaban J connectivity index is 0.00000324. The molecule has 3 nitrogen and oxygen atoms in total. The van der Waals surface area contributed by atoms with Crippen molar-refractivity contribution >= 4 is 24.0 Å². The molecule has 0 aliphatic carbocycles. The van der Waals surface area contributed by atoms with Crippen LogP contribution < -0.4 is 11.1 Å². The second kappa shape index (κ2) is 9.82. The van der Waals surface area contributed by atoms with Crippen LogP contribution in [-0.2, 0) is 11.2 Å². The van der Waals surface area contributed by atoms with Gasteiger partial charge in [-0.2, -0.15) is 0 Å². The molecule has 1 aromatic rings. The number of halogens is 1. The van der Waals surface area contributed by atoms with Crippen molar-refractivity contribution in [3.8, 4) is 0 Å². The molecule has 1 unspecified atom stereocenters. The molecule has 0 saturated heterocycles. The zero-order valence-electron chi connectivity index (χ0n) is 11.8. The first kappa shape index (κ1) is 17.9. The van der Waals surface area contributed by atoms with E-state index in [4.69, 9.17) is 5.73 Å². The third-order valence-corrected chi connectivity index (χ3v) is 2.98. The molecule has 1 aromatic carbocycles. The number of amides is 1. The summed E-state index contributed by atoms with van der Waals surface area (Å²) in [5, 5.41) is 2.85. The number of aryl methyl sites for hydroxylation is 1. The van der Waals surface area contributed by atoms with Gasteiger partial charge in [0.25, 0.3) is 0 Å². The average Bonchev–Trinajstić information content (AvgIpc) is 2.38. The van der Waals surface area contributed by atoms with Gasteiger partial charge < -0.3 is 11.1 Å². The zero-order chi connectivity index (χ0) is 13.4. The first-order valence-corrected chi connectivity index (χ1v) is 6.82. The van der Waals surface area contributed by atoms with Gasteiger partial charge in [0.15, 0.2) is 0 Å². The minimum absolute atomic E-state index is 0. The Morgan fingerprint density at radius 1 is 1.21 bits per heavy atom. The van der Waals surface area contributed by atoms with E-state index in [2.05, 4.69) is 24.4 Å². The van der Waals surface area contributed by atoms with Gasteiger partial charge in [-0.3, -0.25) is 4.79 Å². The molecule has 0 heterocycles. The van der Waals surface area contributed by atoms with Crippen molar-refractivity contribution in [2.75, 3.05) is 5.32 Å². The molecule has 0 saturated carbocycles. The molecule has 0 aliphatic rings. The Bertz CT molecular complexity index is 365. The molecule has 0 aromatic heterocycles. The molecular formula is C15H25ClN2O. The summed E-state index contributed by atoms with van der Waals surface area (Å²) in [5.41, 5.74) is 7.90. The largest absolute Gasteiger partial charge is 0.325 e. The Kier molecular flexibility index (Phi) is 9.27. The van der Waals surface area contributed by atoms with Crippen molar-refractivity contribution in [3.63, 3.8) is 0 Å². The first-order chi connectivity index (χ1) is 8.67. The van der Waals surface area contributed by atoms with Crippen LogP contribution in [0.3, 0.4) is 0 Å². The van der Waals surface area contributed by atoms with E-state index in [0.717, 1.165) is 24.9 Å². The quantitative estimate of drug-likeness (QED) is 0.805. The molecule has 3 N–H and O–H groups in total. The minimum atomic E-state index is -0.408. The lowest BCUT2D eigenvalue weighted by Gasteiger charge is -2.11. The number of rotatable bonds is 7. The van der Waals surface area contributed by atoms with Crippen molar-refractivity contribution in [3.05, 3.63) is 29.8 Å². The SMILES string of the molecule is CCCCc1ccc(NC(=O)C(N)CCC)cc1.Cl. The van der Waals surface area contributed by atoms with Crippen molar-refractivity contribution < 1.29 is 4.79 Å². The van der Waals surface area contributed by atoms with E-state index in [0.29, 0.717) is 0 Å². The third-order valence-electron chi connectivity index (χ3n) is 2.98. The van der Waals surface area contributed by atoms with Gasteiger partial charge in [-0.25, -0.2) is 0 Å². The van der Waals surface area contributed by atoms with Gasteiger partial charge in [0.05, 0.1) is 6.04 Å². The summed E-state index contributed by atoms with van der Waals surface area (Å²) in [7, 11) is 0. The third kappa shape index (κ3) is 6.60. The zero-order valence-corrected chi connectivity index (χ0v) is 12.6. The van der Waals surface area contributed by atoms with Crippen molar-refractivity contribution in [1.82, 2.24) is 0 Å². The average molecular weight is 285 g/mol. The minimum Gasteiger partial charge on any atom is -0.325 e. The molecule has 0 spiro atoms. The van der Waals surface area contributed by atoms with Gasteiger partial charge in [0, 0.05) is 5.69 Å². The van der Waals surface area contributed by atoms with Gasteiger partial charge in [-0.05, 0) is 37.0 Å². The van der Waals surface area contributed by atoms with Crippen LogP contribution in [0, 0.1) is 0 Å².